The van der Waals surface area contributed by atoms with Crippen LogP contribution in [0, 0.1) is 0 Å². The zero-order chi connectivity index (χ0) is 20.9. The highest BCUT2D eigenvalue weighted by atomic mass is 35.5. The van der Waals surface area contributed by atoms with Gasteiger partial charge in [0.05, 0.1) is 11.1 Å². The summed E-state index contributed by atoms with van der Waals surface area (Å²) in [6.07, 6.45) is -9.45. The second kappa shape index (κ2) is 8.68. The van der Waals surface area contributed by atoms with E-state index in [-0.39, 0.29) is 10.0 Å². The monoisotopic (exact) mass is 450 g/mol. The Morgan fingerprint density at radius 1 is 1.04 bits per heavy atom. The molecule has 28 heavy (non-hydrogen) atoms. The summed E-state index contributed by atoms with van der Waals surface area (Å²) < 4.78 is 82.3. The third kappa shape index (κ3) is 7.64. The van der Waals surface area contributed by atoms with Crippen LogP contribution in [-0.4, -0.2) is 41.6 Å². The first-order chi connectivity index (χ1) is 12.9. The first-order valence-corrected chi connectivity index (χ1v) is 8.26. The van der Waals surface area contributed by atoms with Crippen molar-refractivity contribution < 1.29 is 40.6 Å². The van der Waals surface area contributed by atoms with E-state index in [0.29, 0.717) is 6.07 Å². The fourth-order valence-electron chi connectivity index (χ4n) is 1.54. The van der Waals surface area contributed by atoms with Crippen molar-refractivity contribution in [2.75, 3.05) is 23.8 Å². The van der Waals surface area contributed by atoms with Gasteiger partial charge in [0.2, 0.25) is 17.7 Å². The van der Waals surface area contributed by atoms with Crippen LogP contribution in [0.25, 0.3) is 0 Å². The summed E-state index contributed by atoms with van der Waals surface area (Å²) in [6.45, 7) is -3.53. The van der Waals surface area contributed by atoms with Gasteiger partial charge < -0.3 is 9.47 Å². The molecular formula is C13H9ClF6N4O3S. The summed E-state index contributed by atoms with van der Waals surface area (Å²) in [5.41, 5.74) is 0. The maximum atomic E-state index is 12.3. The fraction of sp³-hybridized carbons (Fsp3) is 0.308. The van der Waals surface area contributed by atoms with Gasteiger partial charge in [0.25, 0.3) is 0 Å². The molecule has 0 aliphatic carbocycles. The number of thiophene rings is 1. The smallest absolute Gasteiger partial charge is 0.422 e. The molecule has 0 aliphatic heterocycles. The van der Waals surface area contributed by atoms with E-state index in [4.69, 9.17) is 11.6 Å². The number of ether oxygens (including phenoxy) is 2. The maximum absolute atomic E-state index is 12.3. The van der Waals surface area contributed by atoms with Crippen molar-refractivity contribution in [3.8, 4) is 11.8 Å². The quantitative estimate of drug-likeness (QED) is 0.622. The highest BCUT2D eigenvalue weighted by molar-refractivity contribution is 7.15. The van der Waals surface area contributed by atoms with Crippen molar-refractivity contribution in [2.45, 2.75) is 12.4 Å². The molecule has 15 heteroatoms. The molecule has 0 aliphatic rings. The second-order valence-corrected chi connectivity index (χ2v) is 6.18. The molecule has 0 aromatic carbocycles. The summed E-state index contributed by atoms with van der Waals surface area (Å²) in [5.74, 6) is -2.16. The molecule has 0 spiro atoms. The van der Waals surface area contributed by atoms with Gasteiger partial charge in [-0.1, -0.05) is 11.6 Å². The number of nitrogens with zero attached hydrogens (tertiary/aromatic N) is 2. The topological polar surface area (TPSA) is 85.4 Å². The Bertz CT molecular complexity index is 793. The number of amides is 2. The van der Waals surface area contributed by atoms with Crippen molar-refractivity contribution in [1.29, 1.82) is 0 Å². The average molecular weight is 451 g/mol. The number of alkyl halides is 6. The summed E-state index contributed by atoms with van der Waals surface area (Å²) in [7, 11) is 0. The molecule has 0 saturated heterocycles. The molecule has 0 unspecified atom stereocenters. The summed E-state index contributed by atoms with van der Waals surface area (Å²) in [5, 5.41) is 6.38. The SMILES string of the molecule is O=C(Nc1nc(OCC(F)(F)F)cc(OCC(F)(F)F)n1)Nc1sccc1Cl. The molecule has 2 amide bonds. The van der Waals surface area contributed by atoms with E-state index < -0.39 is 49.3 Å². The third-order valence-electron chi connectivity index (χ3n) is 2.52. The van der Waals surface area contributed by atoms with Gasteiger partial charge in [0.15, 0.2) is 13.2 Å². The van der Waals surface area contributed by atoms with Gasteiger partial charge >= 0.3 is 18.4 Å². The van der Waals surface area contributed by atoms with Crippen LogP contribution in [-0.2, 0) is 0 Å². The van der Waals surface area contributed by atoms with Gasteiger partial charge in [-0.25, -0.2) is 4.79 Å². The molecular weight excluding hydrogens is 442 g/mol. The Morgan fingerprint density at radius 2 is 1.57 bits per heavy atom. The summed E-state index contributed by atoms with van der Waals surface area (Å²) in [4.78, 5) is 18.8. The Labute approximate surface area is 161 Å². The number of nitrogens with one attached hydrogen (secondary N) is 2. The molecule has 0 atom stereocenters. The van der Waals surface area contributed by atoms with Gasteiger partial charge in [-0.15, -0.1) is 11.3 Å². The van der Waals surface area contributed by atoms with Crippen molar-refractivity contribution >= 4 is 39.9 Å². The number of hydrogen-bond acceptors (Lipinski definition) is 6. The zero-order valence-corrected chi connectivity index (χ0v) is 14.9. The van der Waals surface area contributed by atoms with E-state index in [0.717, 1.165) is 11.3 Å². The number of carbonyl (C=O) groups excluding carboxylic acids is 1. The minimum absolute atomic E-state index is 0.220. The first kappa shape index (κ1) is 21.8. The van der Waals surface area contributed by atoms with E-state index in [2.05, 4.69) is 24.8 Å². The van der Waals surface area contributed by atoms with Crippen LogP contribution < -0.4 is 20.1 Å². The lowest BCUT2D eigenvalue weighted by Gasteiger charge is -2.13. The zero-order valence-electron chi connectivity index (χ0n) is 13.3. The Kier molecular flexibility index (Phi) is 6.77. The predicted molar refractivity (Wildman–Crippen MR) is 87.1 cm³/mol. The van der Waals surface area contributed by atoms with E-state index in [1.165, 1.54) is 6.07 Å². The molecule has 154 valence electrons. The number of urea groups is 1. The highest BCUT2D eigenvalue weighted by Gasteiger charge is 2.30. The second-order valence-electron chi connectivity index (χ2n) is 4.85. The number of carbonyl (C=O) groups is 1. The molecule has 0 saturated carbocycles. The Morgan fingerprint density at radius 3 is 2.00 bits per heavy atom. The molecule has 0 fully saturated rings. The Hall–Kier alpha value is -2.48. The summed E-state index contributed by atoms with van der Waals surface area (Å²) >= 11 is 6.86. The van der Waals surface area contributed by atoms with Crippen LogP contribution in [0.3, 0.4) is 0 Å². The lowest BCUT2D eigenvalue weighted by Crippen LogP contribution is -2.23. The minimum Gasteiger partial charge on any atom is -0.468 e. The van der Waals surface area contributed by atoms with Crippen molar-refractivity contribution in [3.63, 3.8) is 0 Å². The van der Waals surface area contributed by atoms with Gasteiger partial charge in [-0.05, 0) is 11.4 Å². The van der Waals surface area contributed by atoms with Crippen LogP contribution in [0.2, 0.25) is 5.02 Å². The molecule has 2 N–H and O–H groups in total. The molecule has 2 aromatic rings. The molecule has 2 rings (SSSR count). The number of rotatable bonds is 6. The molecule has 0 radical (unpaired) electrons. The number of aromatic nitrogens is 2. The van der Waals surface area contributed by atoms with Gasteiger partial charge in [-0.3, -0.25) is 10.6 Å². The molecule has 2 heterocycles. The van der Waals surface area contributed by atoms with Crippen LogP contribution >= 0.6 is 22.9 Å². The van der Waals surface area contributed by atoms with Crippen LogP contribution in [0.4, 0.5) is 42.1 Å². The van der Waals surface area contributed by atoms with Crippen LogP contribution in [0.5, 0.6) is 11.8 Å². The largest absolute Gasteiger partial charge is 0.468 e. The van der Waals surface area contributed by atoms with Crippen molar-refractivity contribution in [2.24, 2.45) is 0 Å². The van der Waals surface area contributed by atoms with Crippen LogP contribution in [0.15, 0.2) is 17.5 Å². The average Bonchev–Trinajstić information content (AvgIpc) is 2.94. The molecule has 7 nitrogen and oxygen atoms in total. The van der Waals surface area contributed by atoms with E-state index in [9.17, 15) is 31.1 Å². The van der Waals surface area contributed by atoms with Crippen molar-refractivity contribution in [3.05, 3.63) is 22.5 Å². The van der Waals surface area contributed by atoms with Gasteiger partial charge in [0, 0.05) is 0 Å². The predicted octanol–water partition coefficient (Wildman–Crippen LogP) is 4.72. The number of anilines is 2. The van der Waals surface area contributed by atoms with Gasteiger partial charge in [-0.2, -0.15) is 36.3 Å². The van der Waals surface area contributed by atoms with Crippen LogP contribution in [0.1, 0.15) is 0 Å². The normalized spacial score (nSPS) is 11.8. The van der Waals surface area contributed by atoms with E-state index >= 15 is 0 Å². The molecule has 2 aromatic heterocycles. The minimum atomic E-state index is -4.72. The lowest BCUT2D eigenvalue weighted by atomic mass is 10.5. The summed E-state index contributed by atoms with van der Waals surface area (Å²) in [6, 6.07) is 1.17. The third-order valence-corrected chi connectivity index (χ3v) is 3.77. The Balaban J connectivity index is 2.15. The van der Waals surface area contributed by atoms with E-state index in [1.807, 2.05) is 5.32 Å². The van der Waals surface area contributed by atoms with E-state index in [1.54, 1.807) is 5.38 Å². The highest BCUT2D eigenvalue weighted by Crippen LogP contribution is 2.28. The standard InChI is InChI=1S/C13H9ClF6N4O3S/c14-6-1-2-28-9(6)23-11(25)24-10-21-7(26-4-12(15,16)17)3-8(22-10)27-5-13(18,19)20/h1-3H,4-5H2,(H2,21,22,23,24,25). The fourth-order valence-corrected chi connectivity index (χ4v) is 2.53. The van der Waals surface area contributed by atoms with Crippen molar-refractivity contribution in [1.82, 2.24) is 9.97 Å². The number of halogens is 7. The lowest BCUT2D eigenvalue weighted by molar-refractivity contribution is -0.154. The first-order valence-electron chi connectivity index (χ1n) is 7.00. The number of hydrogen-bond donors (Lipinski definition) is 2. The van der Waals surface area contributed by atoms with Gasteiger partial charge in [0.1, 0.15) is 5.00 Å². The maximum Gasteiger partial charge on any atom is 0.422 e. The molecule has 0 bridgehead atoms.